The standard InChI is InChI=1S/C30H49N5O8/c1-7-10-23(32-30(41)27(19(5)8-2)34-25(36)11-9-12-26(37)38)28(39)33-24(17-18(3)4)29(40)31-20(6)21-13-15-22(16-14-21)35(42)43/h13-16,18-20,23-24,27,29,31,40H,7-12,17H2,1-6H3,(H,32,41)(H,33,39)(H,34,36)(H,37,38)/t19-,20-,23-,24-,27-,29+/m0/s1. The number of amides is 3. The van der Waals surface area contributed by atoms with Crippen molar-refractivity contribution < 1.29 is 34.3 Å². The van der Waals surface area contributed by atoms with Gasteiger partial charge in [0.25, 0.3) is 5.69 Å². The summed E-state index contributed by atoms with van der Waals surface area (Å²) in [7, 11) is 0. The van der Waals surface area contributed by atoms with Crippen molar-refractivity contribution in [1.82, 2.24) is 21.3 Å². The molecule has 0 radical (unpaired) electrons. The minimum Gasteiger partial charge on any atom is -0.481 e. The Morgan fingerprint density at radius 1 is 0.930 bits per heavy atom. The molecule has 0 heterocycles. The lowest BCUT2D eigenvalue weighted by Gasteiger charge is -2.31. The van der Waals surface area contributed by atoms with Gasteiger partial charge in [-0.05, 0) is 43.6 Å². The van der Waals surface area contributed by atoms with Crippen LogP contribution in [0.1, 0.15) is 98.1 Å². The number of nitrogens with one attached hydrogen (secondary N) is 4. The first-order valence-electron chi connectivity index (χ1n) is 15.0. The van der Waals surface area contributed by atoms with Gasteiger partial charge in [-0.25, -0.2) is 0 Å². The van der Waals surface area contributed by atoms with Crippen molar-refractivity contribution in [1.29, 1.82) is 0 Å². The number of hydrogen-bond donors (Lipinski definition) is 6. The number of aliphatic hydroxyl groups excluding tert-OH is 1. The second-order valence-electron chi connectivity index (χ2n) is 11.5. The molecule has 0 aliphatic heterocycles. The molecule has 0 fully saturated rings. The van der Waals surface area contributed by atoms with Crippen LogP contribution in [-0.2, 0) is 19.2 Å². The van der Waals surface area contributed by atoms with Gasteiger partial charge in [-0.3, -0.25) is 34.6 Å². The lowest BCUT2D eigenvalue weighted by Crippen LogP contribution is -2.58. The number of nitrogens with zero attached hydrogens (tertiary/aromatic N) is 1. The highest BCUT2D eigenvalue weighted by atomic mass is 16.6. The van der Waals surface area contributed by atoms with E-state index in [0.717, 1.165) is 5.56 Å². The van der Waals surface area contributed by atoms with Crippen molar-refractivity contribution in [2.75, 3.05) is 0 Å². The average Bonchev–Trinajstić information content (AvgIpc) is 2.94. The van der Waals surface area contributed by atoms with Crippen molar-refractivity contribution in [2.45, 2.75) is 117 Å². The molecule has 0 aromatic heterocycles. The lowest BCUT2D eigenvalue weighted by molar-refractivity contribution is -0.384. The summed E-state index contributed by atoms with van der Waals surface area (Å²) in [6.07, 6.45) is 0.721. The van der Waals surface area contributed by atoms with Crippen LogP contribution in [0.25, 0.3) is 0 Å². The summed E-state index contributed by atoms with van der Waals surface area (Å²) >= 11 is 0. The van der Waals surface area contributed by atoms with E-state index in [2.05, 4.69) is 21.3 Å². The van der Waals surface area contributed by atoms with Gasteiger partial charge in [-0.15, -0.1) is 0 Å². The number of carbonyl (C=O) groups excluding carboxylic acids is 3. The molecule has 6 N–H and O–H groups in total. The maximum atomic E-state index is 13.4. The number of aliphatic hydroxyl groups is 1. The van der Waals surface area contributed by atoms with Crippen molar-refractivity contribution in [3.05, 3.63) is 39.9 Å². The van der Waals surface area contributed by atoms with E-state index >= 15 is 0 Å². The molecule has 0 saturated heterocycles. The second kappa shape index (κ2) is 18.9. The number of benzene rings is 1. The number of nitro groups is 1. The number of aliphatic carboxylic acids is 1. The quantitative estimate of drug-likeness (QED) is 0.0732. The van der Waals surface area contributed by atoms with Crippen LogP contribution in [0.3, 0.4) is 0 Å². The molecule has 0 aliphatic rings. The molecule has 3 amide bonds. The van der Waals surface area contributed by atoms with E-state index in [9.17, 15) is 34.4 Å². The summed E-state index contributed by atoms with van der Waals surface area (Å²) in [5.74, 6) is -2.56. The van der Waals surface area contributed by atoms with Gasteiger partial charge in [0.1, 0.15) is 18.3 Å². The highest BCUT2D eigenvalue weighted by Crippen LogP contribution is 2.19. The first-order chi connectivity index (χ1) is 20.2. The van der Waals surface area contributed by atoms with Crippen LogP contribution in [0.2, 0.25) is 0 Å². The van der Waals surface area contributed by atoms with Gasteiger partial charge in [-0.1, -0.05) is 59.6 Å². The van der Waals surface area contributed by atoms with Gasteiger partial charge in [0.2, 0.25) is 17.7 Å². The number of non-ortho nitro benzene ring substituents is 1. The zero-order valence-corrected chi connectivity index (χ0v) is 26.1. The van der Waals surface area contributed by atoms with Crippen LogP contribution in [-0.4, -0.2) is 63.2 Å². The van der Waals surface area contributed by atoms with E-state index in [1.165, 1.54) is 12.1 Å². The van der Waals surface area contributed by atoms with Crippen LogP contribution >= 0.6 is 0 Å². The number of carboxylic acid groups (broad SMARTS) is 1. The molecule has 1 aromatic carbocycles. The van der Waals surface area contributed by atoms with Gasteiger partial charge in [-0.2, -0.15) is 0 Å². The molecule has 0 aliphatic carbocycles. The molecular formula is C30H49N5O8. The molecule has 0 saturated carbocycles. The van der Waals surface area contributed by atoms with Crippen LogP contribution in [0.4, 0.5) is 5.69 Å². The molecule has 6 atom stereocenters. The largest absolute Gasteiger partial charge is 0.481 e. The Morgan fingerprint density at radius 2 is 1.56 bits per heavy atom. The maximum absolute atomic E-state index is 13.4. The minimum absolute atomic E-state index is 0.0363. The summed E-state index contributed by atoms with van der Waals surface area (Å²) in [5, 5.41) is 42.2. The molecule has 242 valence electrons. The maximum Gasteiger partial charge on any atom is 0.303 e. The van der Waals surface area contributed by atoms with Gasteiger partial charge in [0.15, 0.2) is 0 Å². The first kappa shape index (κ1) is 37.4. The Morgan fingerprint density at radius 3 is 2.07 bits per heavy atom. The van der Waals surface area contributed by atoms with Gasteiger partial charge in [0, 0.05) is 31.0 Å². The van der Waals surface area contributed by atoms with Crippen LogP contribution in [0.5, 0.6) is 0 Å². The molecule has 0 spiro atoms. The summed E-state index contributed by atoms with van der Waals surface area (Å²) in [5.41, 5.74) is 0.676. The Kier molecular flexibility index (Phi) is 16.4. The van der Waals surface area contributed by atoms with E-state index in [-0.39, 0.29) is 42.8 Å². The van der Waals surface area contributed by atoms with Crippen LogP contribution in [0, 0.1) is 22.0 Å². The Labute approximate surface area is 253 Å². The third-order valence-corrected chi connectivity index (χ3v) is 7.28. The molecular weight excluding hydrogens is 558 g/mol. The number of rotatable bonds is 20. The highest BCUT2D eigenvalue weighted by molar-refractivity contribution is 5.92. The molecule has 1 rings (SSSR count). The number of hydrogen-bond acceptors (Lipinski definition) is 8. The predicted octanol–water partition coefficient (Wildman–Crippen LogP) is 3.17. The third kappa shape index (κ3) is 13.5. The topological polar surface area (TPSA) is 200 Å². The van der Waals surface area contributed by atoms with Crippen LogP contribution in [0.15, 0.2) is 24.3 Å². The number of nitro benzene ring substituents is 1. The summed E-state index contributed by atoms with van der Waals surface area (Å²) < 4.78 is 0. The summed E-state index contributed by atoms with van der Waals surface area (Å²) in [6, 6.07) is 3.06. The van der Waals surface area contributed by atoms with E-state index in [1.54, 1.807) is 19.1 Å². The number of carbonyl (C=O) groups is 4. The fourth-order valence-corrected chi connectivity index (χ4v) is 4.58. The minimum atomic E-state index is -1.16. The summed E-state index contributed by atoms with van der Waals surface area (Å²) in [6.45, 7) is 11.3. The lowest BCUT2D eigenvalue weighted by atomic mass is 9.97. The van der Waals surface area contributed by atoms with E-state index < -0.39 is 53.0 Å². The Hall–Kier alpha value is -3.58. The SMILES string of the molecule is CCC[C@H](NC(=O)[C@@H](NC(=O)CCCC(=O)O)[C@@H](C)CC)C(=O)N[C@@H](CC(C)C)[C@@H](O)N[C@@H](C)c1ccc([N+](=O)[O-])cc1. The fraction of sp³-hybridized carbons (Fsp3) is 0.667. The van der Waals surface area contributed by atoms with Crippen LogP contribution < -0.4 is 21.3 Å². The monoisotopic (exact) mass is 607 g/mol. The molecule has 43 heavy (non-hydrogen) atoms. The Bertz CT molecular complexity index is 1070. The van der Waals surface area contributed by atoms with E-state index in [0.29, 0.717) is 25.7 Å². The molecule has 13 heteroatoms. The third-order valence-electron chi connectivity index (χ3n) is 7.28. The van der Waals surface area contributed by atoms with Crippen molar-refractivity contribution in [3.8, 4) is 0 Å². The van der Waals surface area contributed by atoms with Gasteiger partial charge < -0.3 is 26.2 Å². The first-order valence-corrected chi connectivity index (χ1v) is 15.0. The zero-order valence-electron chi connectivity index (χ0n) is 26.1. The smallest absolute Gasteiger partial charge is 0.303 e. The van der Waals surface area contributed by atoms with Gasteiger partial charge in [0.05, 0.1) is 11.0 Å². The molecule has 0 unspecified atom stereocenters. The number of carboxylic acids is 1. The van der Waals surface area contributed by atoms with E-state index in [1.807, 2.05) is 34.6 Å². The molecule has 0 bridgehead atoms. The zero-order chi connectivity index (χ0) is 32.7. The Balaban J connectivity index is 2.99. The fourth-order valence-electron chi connectivity index (χ4n) is 4.58. The predicted molar refractivity (Wildman–Crippen MR) is 162 cm³/mol. The van der Waals surface area contributed by atoms with Crippen molar-refractivity contribution in [2.24, 2.45) is 11.8 Å². The van der Waals surface area contributed by atoms with Crippen molar-refractivity contribution >= 4 is 29.4 Å². The molecule has 1 aromatic rings. The molecule has 13 nitrogen and oxygen atoms in total. The average molecular weight is 608 g/mol. The van der Waals surface area contributed by atoms with Gasteiger partial charge >= 0.3 is 5.97 Å². The van der Waals surface area contributed by atoms with E-state index in [4.69, 9.17) is 5.11 Å². The normalized spacial score (nSPS) is 15.4. The van der Waals surface area contributed by atoms with Crippen molar-refractivity contribution in [3.63, 3.8) is 0 Å². The second-order valence-corrected chi connectivity index (χ2v) is 11.5. The summed E-state index contributed by atoms with van der Waals surface area (Å²) in [4.78, 5) is 60.4. The highest BCUT2D eigenvalue weighted by Gasteiger charge is 2.32.